The fourth-order valence-corrected chi connectivity index (χ4v) is 3.08. The van der Waals surface area contributed by atoms with E-state index >= 15 is 0 Å². The lowest BCUT2D eigenvalue weighted by atomic mass is 9.87. The molecule has 0 aliphatic heterocycles. The van der Waals surface area contributed by atoms with Gasteiger partial charge >= 0.3 is 0 Å². The van der Waals surface area contributed by atoms with Gasteiger partial charge in [0.2, 0.25) is 11.0 Å². The van der Waals surface area contributed by atoms with Crippen LogP contribution in [0.2, 0.25) is 0 Å². The second-order valence-electron chi connectivity index (χ2n) is 7.50. The SMILES string of the molecule is CC(C)c1nc(CSc2nnc(-c3ccc(C(C)(C)C)cc3)n2N)no1. The summed E-state index contributed by atoms with van der Waals surface area (Å²) in [5.74, 6) is 8.80. The molecule has 0 aliphatic rings. The summed E-state index contributed by atoms with van der Waals surface area (Å²) in [5.41, 5.74) is 2.30. The van der Waals surface area contributed by atoms with Crippen molar-refractivity contribution in [1.29, 1.82) is 0 Å². The third-order valence-corrected chi connectivity index (χ3v) is 4.92. The number of nitrogen functional groups attached to an aromatic ring is 1. The van der Waals surface area contributed by atoms with E-state index < -0.39 is 0 Å². The average molecular weight is 372 g/mol. The highest BCUT2D eigenvalue weighted by molar-refractivity contribution is 7.98. The van der Waals surface area contributed by atoms with Crippen molar-refractivity contribution < 1.29 is 4.52 Å². The summed E-state index contributed by atoms with van der Waals surface area (Å²) in [6.07, 6.45) is 0. The Morgan fingerprint density at radius 3 is 2.42 bits per heavy atom. The molecule has 0 atom stereocenters. The minimum Gasteiger partial charge on any atom is -0.339 e. The molecule has 8 heteroatoms. The van der Waals surface area contributed by atoms with E-state index in [4.69, 9.17) is 10.4 Å². The molecule has 0 radical (unpaired) electrons. The van der Waals surface area contributed by atoms with Gasteiger partial charge in [0.25, 0.3) is 0 Å². The van der Waals surface area contributed by atoms with Crippen LogP contribution in [0.4, 0.5) is 0 Å². The molecule has 7 nitrogen and oxygen atoms in total. The molecule has 0 unspecified atom stereocenters. The normalized spacial score (nSPS) is 12.1. The van der Waals surface area contributed by atoms with Gasteiger partial charge in [0, 0.05) is 11.5 Å². The Morgan fingerprint density at radius 2 is 1.85 bits per heavy atom. The average Bonchev–Trinajstić information content (AvgIpc) is 3.19. The van der Waals surface area contributed by atoms with E-state index in [1.807, 2.05) is 26.0 Å². The topological polar surface area (TPSA) is 95.7 Å². The largest absolute Gasteiger partial charge is 0.339 e. The highest BCUT2D eigenvalue weighted by Crippen LogP contribution is 2.27. The Hall–Kier alpha value is -2.35. The van der Waals surface area contributed by atoms with Crippen molar-refractivity contribution in [3.8, 4) is 11.4 Å². The maximum atomic E-state index is 6.18. The maximum absolute atomic E-state index is 6.18. The Kier molecular flexibility index (Phi) is 5.04. The van der Waals surface area contributed by atoms with E-state index in [1.165, 1.54) is 22.0 Å². The van der Waals surface area contributed by atoms with E-state index in [0.717, 1.165) is 5.56 Å². The van der Waals surface area contributed by atoms with E-state index in [-0.39, 0.29) is 11.3 Å². The first-order valence-electron chi connectivity index (χ1n) is 8.52. The molecule has 0 spiro atoms. The van der Waals surface area contributed by atoms with Crippen LogP contribution in [0.1, 0.15) is 57.8 Å². The van der Waals surface area contributed by atoms with Gasteiger partial charge in [0.15, 0.2) is 11.6 Å². The van der Waals surface area contributed by atoms with Gasteiger partial charge in [-0.05, 0) is 11.0 Å². The minimum atomic E-state index is 0.107. The van der Waals surface area contributed by atoms with Gasteiger partial charge in [-0.2, -0.15) is 4.98 Å². The zero-order valence-electron chi connectivity index (χ0n) is 15.7. The number of hydrogen-bond donors (Lipinski definition) is 1. The van der Waals surface area contributed by atoms with Gasteiger partial charge < -0.3 is 10.4 Å². The first kappa shape index (κ1) is 18.4. The van der Waals surface area contributed by atoms with Crippen molar-refractivity contribution in [2.75, 3.05) is 5.84 Å². The Balaban J connectivity index is 1.73. The number of benzene rings is 1. The third-order valence-electron chi connectivity index (χ3n) is 3.98. The first-order chi connectivity index (χ1) is 12.3. The van der Waals surface area contributed by atoms with E-state index in [1.54, 1.807) is 0 Å². The Labute approximate surface area is 157 Å². The molecule has 3 rings (SSSR count). The molecule has 3 aromatic rings. The summed E-state index contributed by atoms with van der Waals surface area (Å²) in [6, 6.07) is 8.25. The zero-order chi connectivity index (χ0) is 18.9. The fraction of sp³-hybridized carbons (Fsp3) is 0.444. The summed E-state index contributed by atoms with van der Waals surface area (Å²) in [6.45, 7) is 10.6. The smallest absolute Gasteiger partial charge is 0.229 e. The number of thioether (sulfide) groups is 1. The molecule has 2 aromatic heterocycles. The van der Waals surface area contributed by atoms with Crippen molar-refractivity contribution in [3.05, 3.63) is 41.5 Å². The van der Waals surface area contributed by atoms with Gasteiger partial charge in [-0.25, -0.2) is 4.68 Å². The van der Waals surface area contributed by atoms with Crippen LogP contribution in [0.15, 0.2) is 33.9 Å². The molecular weight excluding hydrogens is 348 g/mol. The molecule has 0 aliphatic carbocycles. The number of nitrogens with two attached hydrogens (primary N) is 1. The fourth-order valence-electron chi connectivity index (χ4n) is 2.38. The molecule has 26 heavy (non-hydrogen) atoms. The third kappa shape index (κ3) is 3.90. The van der Waals surface area contributed by atoms with Crippen LogP contribution in [-0.4, -0.2) is 25.0 Å². The number of hydrogen-bond acceptors (Lipinski definition) is 7. The van der Waals surface area contributed by atoms with E-state index in [0.29, 0.717) is 28.4 Å². The molecule has 0 amide bonds. The highest BCUT2D eigenvalue weighted by atomic mass is 32.2. The molecular formula is C18H24N6OS. The predicted molar refractivity (Wildman–Crippen MR) is 102 cm³/mol. The first-order valence-corrected chi connectivity index (χ1v) is 9.51. The summed E-state index contributed by atoms with van der Waals surface area (Å²) >= 11 is 1.43. The summed E-state index contributed by atoms with van der Waals surface area (Å²) in [4.78, 5) is 4.36. The van der Waals surface area contributed by atoms with E-state index in [2.05, 4.69) is 53.2 Å². The lowest BCUT2D eigenvalue weighted by Crippen LogP contribution is -2.12. The van der Waals surface area contributed by atoms with Crippen molar-refractivity contribution in [2.45, 2.75) is 56.9 Å². The van der Waals surface area contributed by atoms with E-state index in [9.17, 15) is 0 Å². The standard InChI is InChI=1S/C18H24N6OS/c1-11(2)16-20-14(23-25-16)10-26-17-22-21-15(24(17)19)12-6-8-13(9-7-12)18(3,4)5/h6-9,11H,10,19H2,1-5H3. The Bertz CT molecular complexity index is 876. The predicted octanol–water partition coefficient (Wildman–Crippen LogP) is 3.76. The monoisotopic (exact) mass is 372 g/mol. The van der Waals surface area contributed by atoms with Gasteiger partial charge in [0.1, 0.15) is 0 Å². The van der Waals surface area contributed by atoms with Gasteiger partial charge in [0.05, 0.1) is 5.75 Å². The van der Waals surface area contributed by atoms with Gasteiger partial charge in [-0.3, -0.25) is 0 Å². The lowest BCUT2D eigenvalue weighted by molar-refractivity contribution is 0.362. The molecule has 0 fully saturated rings. The number of aromatic nitrogens is 5. The highest BCUT2D eigenvalue weighted by Gasteiger charge is 2.17. The second kappa shape index (κ2) is 7.11. The molecule has 138 valence electrons. The lowest BCUT2D eigenvalue weighted by Gasteiger charge is -2.19. The van der Waals surface area contributed by atoms with Gasteiger partial charge in [-0.15, -0.1) is 10.2 Å². The minimum absolute atomic E-state index is 0.107. The number of nitrogens with zero attached hydrogens (tertiary/aromatic N) is 5. The molecule has 0 bridgehead atoms. The molecule has 0 saturated heterocycles. The summed E-state index contributed by atoms with van der Waals surface area (Å²) in [7, 11) is 0. The van der Waals surface area contributed by atoms with Crippen LogP contribution in [0.25, 0.3) is 11.4 Å². The van der Waals surface area contributed by atoms with Crippen molar-refractivity contribution in [2.24, 2.45) is 0 Å². The Morgan fingerprint density at radius 1 is 1.15 bits per heavy atom. The van der Waals surface area contributed by atoms with Crippen LogP contribution >= 0.6 is 11.8 Å². The van der Waals surface area contributed by atoms with Crippen molar-refractivity contribution >= 4 is 11.8 Å². The summed E-state index contributed by atoms with van der Waals surface area (Å²) < 4.78 is 6.71. The molecule has 1 aromatic carbocycles. The second-order valence-corrected chi connectivity index (χ2v) is 8.44. The maximum Gasteiger partial charge on any atom is 0.229 e. The van der Waals surface area contributed by atoms with Crippen LogP contribution in [0, 0.1) is 0 Å². The van der Waals surface area contributed by atoms with Crippen molar-refractivity contribution in [1.82, 2.24) is 25.0 Å². The molecule has 2 N–H and O–H groups in total. The quantitative estimate of drug-likeness (QED) is 0.538. The van der Waals surface area contributed by atoms with Crippen LogP contribution in [-0.2, 0) is 11.2 Å². The van der Waals surface area contributed by atoms with Crippen LogP contribution < -0.4 is 5.84 Å². The van der Waals surface area contributed by atoms with Crippen molar-refractivity contribution in [3.63, 3.8) is 0 Å². The molecule has 0 saturated carbocycles. The number of rotatable bonds is 5. The summed E-state index contributed by atoms with van der Waals surface area (Å²) in [5, 5.41) is 13.0. The van der Waals surface area contributed by atoms with Crippen LogP contribution in [0.3, 0.4) is 0 Å². The van der Waals surface area contributed by atoms with Crippen LogP contribution in [0.5, 0.6) is 0 Å². The van der Waals surface area contributed by atoms with Gasteiger partial charge in [-0.1, -0.05) is 75.8 Å². The zero-order valence-corrected chi connectivity index (χ0v) is 16.5. The molecule has 2 heterocycles.